The van der Waals surface area contributed by atoms with Gasteiger partial charge < -0.3 is 4.74 Å². The monoisotopic (exact) mass is 237 g/mol. The smallest absolute Gasteiger partial charge is 0.209 e. The van der Waals surface area contributed by atoms with E-state index in [0.717, 1.165) is 19.3 Å². The van der Waals surface area contributed by atoms with Crippen LogP contribution in [0, 0.1) is 5.41 Å². The van der Waals surface area contributed by atoms with E-state index in [1.165, 1.54) is 0 Å². The SMILES string of the molecule is CCCOCC(CC)(CC)CS(N)(=O)=O. The third-order valence-electron chi connectivity index (χ3n) is 2.76. The molecular formula is C10H23NO3S. The standard InChI is InChI=1S/C10H23NO3S/c1-4-7-14-8-10(5-2,6-3)9-15(11,12)13/h4-9H2,1-3H3,(H2,11,12,13). The molecule has 0 spiro atoms. The molecule has 0 aromatic heterocycles. The highest BCUT2D eigenvalue weighted by Crippen LogP contribution is 2.28. The van der Waals surface area contributed by atoms with Gasteiger partial charge >= 0.3 is 0 Å². The molecule has 5 heteroatoms. The van der Waals surface area contributed by atoms with Gasteiger partial charge in [-0.1, -0.05) is 20.8 Å². The van der Waals surface area contributed by atoms with E-state index < -0.39 is 10.0 Å². The molecule has 0 radical (unpaired) electrons. The summed E-state index contributed by atoms with van der Waals surface area (Å²) in [5.41, 5.74) is -0.317. The summed E-state index contributed by atoms with van der Waals surface area (Å²) < 4.78 is 27.7. The summed E-state index contributed by atoms with van der Waals surface area (Å²) in [7, 11) is -3.42. The van der Waals surface area contributed by atoms with Gasteiger partial charge in [-0.05, 0) is 19.3 Å². The van der Waals surface area contributed by atoms with Crippen LogP contribution < -0.4 is 5.14 Å². The van der Waals surface area contributed by atoms with Crippen molar-refractivity contribution in [3.8, 4) is 0 Å². The quantitative estimate of drug-likeness (QED) is 0.650. The van der Waals surface area contributed by atoms with Crippen molar-refractivity contribution in [1.82, 2.24) is 0 Å². The van der Waals surface area contributed by atoms with Gasteiger partial charge in [-0.2, -0.15) is 0 Å². The highest BCUT2D eigenvalue weighted by atomic mass is 32.2. The van der Waals surface area contributed by atoms with Gasteiger partial charge in [0.2, 0.25) is 10.0 Å². The molecule has 0 aromatic rings. The van der Waals surface area contributed by atoms with Crippen molar-refractivity contribution in [2.45, 2.75) is 40.0 Å². The van der Waals surface area contributed by atoms with Gasteiger partial charge in [0, 0.05) is 12.0 Å². The first kappa shape index (κ1) is 14.9. The molecule has 0 aliphatic rings. The van der Waals surface area contributed by atoms with Crippen LogP contribution >= 0.6 is 0 Å². The predicted octanol–water partition coefficient (Wildman–Crippen LogP) is 1.51. The largest absolute Gasteiger partial charge is 0.381 e. The Balaban J connectivity index is 4.44. The van der Waals surface area contributed by atoms with Crippen molar-refractivity contribution in [1.29, 1.82) is 0 Å². The summed E-state index contributed by atoms with van der Waals surface area (Å²) >= 11 is 0. The third kappa shape index (κ3) is 6.12. The Labute approximate surface area is 93.2 Å². The summed E-state index contributed by atoms with van der Waals surface area (Å²) in [6.07, 6.45) is 2.48. The molecule has 15 heavy (non-hydrogen) atoms. The van der Waals surface area contributed by atoms with Crippen LogP contribution in [-0.2, 0) is 14.8 Å². The number of hydrogen-bond acceptors (Lipinski definition) is 3. The van der Waals surface area contributed by atoms with E-state index in [-0.39, 0.29) is 11.2 Å². The Morgan fingerprint density at radius 2 is 1.73 bits per heavy atom. The summed E-state index contributed by atoms with van der Waals surface area (Å²) in [6.45, 7) is 7.13. The lowest BCUT2D eigenvalue weighted by Crippen LogP contribution is -2.36. The van der Waals surface area contributed by atoms with Crippen LogP contribution in [0.2, 0.25) is 0 Å². The number of sulfonamides is 1. The molecule has 0 unspecified atom stereocenters. The van der Waals surface area contributed by atoms with Gasteiger partial charge in [-0.25, -0.2) is 13.6 Å². The molecular weight excluding hydrogens is 214 g/mol. The van der Waals surface area contributed by atoms with Crippen LogP contribution in [0.1, 0.15) is 40.0 Å². The van der Waals surface area contributed by atoms with Crippen molar-refractivity contribution in [2.24, 2.45) is 10.6 Å². The first-order chi connectivity index (χ1) is 6.89. The number of nitrogens with two attached hydrogens (primary N) is 1. The maximum atomic E-state index is 11.1. The van der Waals surface area contributed by atoms with Crippen LogP contribution in [0.3, 0.4) is 0 Å². The first-order valence-electron chi connectivity index (χ1n) is 5.47. The van der Waals surface area contributed by atoms with Crippen LogP contribution in [0.5, 0.6) is 0 Å². The van der Waals surface area contributed by atoms with Gasteiger partial charge in [0.25, 0.3) is 0 Å². The highest BCUT2D eigenvalue weighted by Gasteiger charge is 2.31. The Morgan fingerprint density at radius 3 is 2.07 bits per heavy atom. The van der Waals surface area contributed by atoms with Crippen LogP contribution in [0.15, 0.2) is 0 Å². The van der Waals surface area contributed by atoms with Gasteiger partial charge in [0.1, 0.15) is 0 Å². The van der Waals surface area contributed by atoms with E-state index in [1.54, 1.807) is 0 Å². The van der Waals surface area contributed by atoms with E-state index in [2.05, 4.69) is 0 Å². The van der Waals surface area contributed by atoms with Crippen molar-refractivity contribution < 1.29 is 13.2 Å². The van der Waals surface area contributed by atoms with Crippen LogP contribution in [-0.4, -0.2) is 27.4 Å². The molecule has 0 aliphatic carbocycles. The molecule has 0 saturated heterocycles. The molecule has 0 aliphatic heterocycles. The highest BCUT2D eigenvalue weighted by molar-refractivity contribution is 7.89. The minimum Gasteiger partial charge on any atom is -0.381 e. The van der Waals surface area contributed by atoms with E-state index in [1.807, 2.05) is 20.8 Å². The number of ether oxygens (including phenoxy) is 1. The fraction of sp³-hybridized carbons (Fsp3) is 1.00. The van der Waals surface area contributed by atoms with Crippen molar-refractivity contribution in [3.05, 3.63) is 0 Å². The molecule has 0 heterocycles. The number of rotatable bonds is 8. The molecule has 0 saturated carbocycles. The third-order valence-corrected chi connectivity index (χ3v) is 3.78. The summed E-state index contributed by atoms with van der Waals surface area (Å²) in [5, 5.41) is 5.09. The van der Waals surface area contributed by atoms with E-state index >= 15 is 0 Å². The van der Waals surface area contributed by atoms with Crippen LogP contribution in [0.4, 0.5) is 0 Å². The molecule has 4 nitrogen and oxygen atoms in total. The molecule has 0 aromatic carbocycles. The average Bonchev–Trinajstić information content (AvgIpc) is 2.15. The van der Waals surface area contributed by atoms with Crippen LogP contribution in [0.25, 0.3) is 0 Å². The molecule has 2 N–H and O–H groups in total. The predicted molar refractivity (Wildman–Crippen MR) is 62.1 cm³/mol. The second-order valence-corrected chi connectivity index (χ2v) is 5.68. The normalized spacial score (nSPS) is 13.1. The first-order valence-corrected chi connectivity index (χ1v) is 7.19. The fourth-order valence-corrected chi connectivity index (χ4v) is 2.90. The van der Waals surface area contributed by atoms with Gasteiger partial charge in [-0.3, -0.25) is 0 Å². The topological polar surface area (TPSA) is 69.4 Å². The fourth-order valence-electron chi connectivity index (χ4n) is 1.56. The summed E-state index contributed by atoms with van der Waals surface area (Å²) in [4.78, 5) is 0. The van der Waals surface area contributed by atoms with Crippen molar-refractivity contribution >= 4 is 10.0 Å². The van der Waals surface area contributed by atoms with E-state index in [9.17, 15) is 8.42 Å². The number of hydrogen-bond donors (Lipinski definition) is 1. The summed E-state index contributed by atoms with van der Waals surface area (Å²) in [5.74, 6) is 0.0106. The maximum Gasteiger partial charge on any atom is 0.209 e. The zero-order valence-electron chi connectivity index (χ0n) is 9.95. The lowest BCUT2D eigenvalue weighted by Gasteiger charge is -2.30. The molecule has 0 amide bonds. The zero-order chi connectivity index (χ0) is 11.9. The van der Waals surface area contributed by atoms with Gasteiger partial charge in [0.15, 0.2) is 0 Å². The lowest BCUT2D eigenvalue weighted by atomic mass is 9.85. The second-order valence-electron chi connectivity index (χ2n) is 4.07. The van der Waals surface area contributed by atoms with Gasteiger partial charge in [0.05, 0.1) is 12.4 Å². The zero-order valence-corrected chi connectivity index (χ0v) is 10.8. The number of primary sulfonamides is 1. The molecule has 0 fully saturated rings. The minimum absolute atomic E-state index is 0.0106. The molecule has 0 bridgehead atoms. The molecule has 92 valence electrons. The molecule has 0 atom stereocenters. The Kier molecular flexibility index (Phi) is 6.40. The Hall–Kier alpha value is -0.130. The van der Waals surface area contributed by atoms with Crippen molar-refractivity contribution in [3.63, 3.8) is 0 Å². The minimum atomic E-state index is -3.42. The van der Waals surface area contributed by atoms with Crippen molar-refractivity contribution in [2.75, 3.05) is 19.0 Å². The summed E-state index contributed by atoms with van der Waals surface area (Å²) in [6, 6.07) is 0. The lowest BCUT2D eigenvalue weighted by molar-refractivity contribution is 0.0504. The van der Waals surface area contributed by atoms with E-state index in [4.69, 9.17) is 9.88 Å². The molecule has 0 rings (SSSR count). The Bertz CT molecular complexity index is 258. The Morgan fingerprint density at radius 1 is 1.20 bits per heavy atom. The average molecular weight is 237 g/mol. The van der Waals surface area contributed by atoms with Gasteiger partial charge in [-0.15, -0.1) is 0 Å². The van der Waals surface area contributed by atoms with E-state index in [0.29, 0.717) is 13.2 Å². The maximum absolute atomic E-state index is 11.1. The second kappa shape index (κ2) is 6.45.